The molecule has 1 aliphatic heterocycles. The Morgan fingerprint density at radius 1 is 1.00 bits per heavy atom. The number of carbonyl (C=O) groups excluding carboxylic acids is 2. The Bertz CT molecular complexity index is 1060. The minimum atomic E-state index is -0.216. The molecule has 0 saturated heterocycles. The van der Waals surface area contributed by atoms with Crippen LogP contribution >= 0.6 is 0 Å². The summed E-state index contributed by atoms with van der Waals surface area (Å²) in [4.78, 5) is 33.3. The van der Waals surface area contributed by atoms with Crippen molar-refractivity contribution in [2.45, 2.75) is 12.5 Å². The van der Waals surface area contributed by atoms with E-state index in [0.717, 1.165) is 16.5 Å². The highest BCUT2D eigenvalue weighted by Gasteiger charge is 2.36. The van der Waals surface area contributed by atoms with Crippen LogP contribution in [-0.4, -0.2) is 60.4 Å². The van der Waals surface area contributed by atoms with Crippen molar-refractivity contribution >= 4 is 22.7 Å². The number of benzene rings is 2. The summed E-state index contributed by atoms with van der Waals surface area (Å²) < 4.78 is 5.18. The van der Waals surface area contributed by atoms with Gasteiger partial charge >= 0.3 is 0 Å². The highest BCUT2D eigenvalue weighted by molar-refractivity contribution is 6.21. The average Bonchev–Trinajstić information content (AvgIpc) is 2.97. The van der Waals surface area contributed by atoms with Gasteiger partial charge in [-0.05, 0) is 56.4 Å². The first-order chi connectivity index (χ1) is 14.0. The summed E-state index contributed by atoms with van der Waals surface area (Å²) in [6.07, 6.45) is 0.711. The Kier molecular flexibility index (Phi) is 5.03. The van der Waals surface area contributed by atoms with Crippen LogP contribution < -0.4 is 4.74 Å². The molecular weight excluding hydrogens is 366 g/mol. The second-order valence-corrected chi connectivity index (χ2v) is 7.47. The van der Waals surface area contributed by atoms with E-state index in [1.54, 1.807) is 31.4 Å². The molecule has 1 atom stereocenters. The van der Waals surface area contributed by atoms with Crippen molar-refractivity contribution in [2.75, 3.05) is 27.7 Å². The molecule has 1 aromatic heterocycles. The first-order valence-corrected chi connectivity index (χ1v) is 9.53. The lowest BCUT2D eigenvalue weighted by molar-refractivity contribution is 0.0612. The van der Waals surface area contributed by atoms with Gasteiger partial charge in [0.25, 0.3) is 11.8 Å². The van der Waals surface area contributed by atoms with Crippen molar-refractivity contribution < 1.29 is 14.3 Å². The lowest BCUT2D eigenvalue weighted by atomic mass is 10.0. The maximum Gasteiger partial charge on any atom is 0.261 e. The normalized spacial score (nSPS) is 14.6. The predicted molar refractivity (Wildman–Crippen MR) is 111 cm³/mol. The summed E-state index contributed by atoms with van der Waals surface area (Å²) in [6, 6.07) is 16.9. The van der Waals surface area contributed by atoms with Gasteiger partial charge in [-0.1, -0.05) is 18.2 Å². The number of fused-ring (bicyclic) bond motifs is 2. The van der Waals surface area contributed by atoms with E-state index in [-0.39, 0.29) is 17.9 Å². The number of imide groups is 1. The fraction of sp³-hybridized carbons (Fsp3) is 0.261. The van der Waals surface area contributed by atoms with E-state index in [9.17, 15) is 9.59 Å². The SMILES string of the molecule is COc1ccc2cc(CC(CN3C(=O)c4ccccc4C3=O)N(C)C)ccc2n1. The lowest BCUT2D eigenvalue weighted by Gasteiger charge is -2.28. The van der Waals surface area contributed by atoms with E-state index in [4.69, 9.17) is 4.74 Å². The number of pyridine rings is 1. The molecule has 0 saturated carbocycles. The summed E-state index contributed by atoms with van der Waals surface area (Å²) in [5, 5.41) is 1.03. The number of ether oxygens (including phenoxy) is 1. The topological polar surface area (TPSA) is 62.7 Å². The van der Waals surface area contributed by atoms with Crippen molar-refractivity contribution in [1.82, 2.24) is 14.8 Å². The summed E-state index contributed by atoms with van der Waals surface area (Å²) in [5.41, 5.74) is 2.97. The molecule has 0 spiro atoms. The van der Waals surface area contributed by atoms with Crippen molar-refractivity contribution in [1.29, 1.82) is 0 Å². The van der Waals surface area contributed by atoms with E-state index in [2.05, 4.69) is 16.0 Å². The van der Waals surface area contributed by atoms with Crippen LogP contribution in [0.25, 0.3) is 10.9 Å². The van der Waals surface area contributed by atoms with Crippen LogP contribution in [0.5, 0.6) is 5.88 Å². The van der Waals surface area contributed by atoms with Gasteiger partial charge in [-0.25, -0.2) is 4.98 Å². The molecule has 1 aliphatic rings. The molecule has 148 valence electrons. The molecule has 0 fully saturated rings. The van der Waals surface area contributed by atoms with Crippen LogP contribution in [0.15, 0.2) is 54.6 Å². The van der Waals surface area contributed by atoms with Crippen LogP contribution in [0.4, 0.5) is 0 Å². The Labute approximate surface area is 169 Å². The molecule has 2 heterocycles. The van der Waals surface area contributed by atoms with Gasteiger partial charge in [-0.2, -0.15) is 0 Å². The van der Waals surface area contributed by atoms with Gasteiger partial charge in [0, 0.05) is 24.0 Å². The molecule has 0 radical (unpaired) electrons. The van der Waals surface area contributed by atoms with Crippen molar-refractivity contribution in [2.24, 2.45) is 0 Å². The number of nitrogens with zero attached hydrogens (tertiary/aromatic N) is 3. The van der Waals surface area contributed by atoms with Crippen LogP contribution in [0.2, 0.25) is 0 Å². The van der Waals surface area contributed by atoms with Gasteiger partial charge < -0.3 is 9.64 Å². The molecule has 1 unspecified atom stereocenters. The van der Waals surface area contributed by atoms with Crippen molar-refractivity contribution in [3.63, 3.8) is 0 Å². The summed E-state index contributed by atoms with van der Waals surface area (Å²) >= 11 is 0. The fourth-order valence-electron chi connectivity index (χ4n) is 3.70. The molecule has 3 aromatic rings. The zero-order valence-corrected chi connectivity index (χ0v) is 16.8. The number of amides is 2. The van der Waals surface area contributed by atoms with Crippen molar-refractivity contribution in [3.05, 3.63) is 71.3 Å². The zero-order chi connectivity index (χ0) is 20.5. The summed E-state index contributed by atoms with van der Waals surface area (Å²) in [5.74, 6) is 0.154. The highest BCUT2D eigenvalue weighted by Crippen LogP contribution is 2.24. The number of likely N-dealkylation sites (N-methyl/N-ethyl adjacent to an activating group) is 1. The zero-order valence-electron chi connectivity index (χ0n) is 16.8. The monoisotopic (exact) mass is 389 g/mol. The minimum Gasteiger partial charge on any atom is -0.481 e. The van der Waals surface area contributed by atoms with Crippen molar-refractivity contribution in [3.8, 4) is 5.88 Å². The molecule has 0 N–H and O–H groups in total. The van der Waals surface area contributed by atoms with E-state index in [1.165, 1.54) is 4.90 Å². The standard InChI is InChI=1S/C23H23N3O3/c1-25(2)17(14-26-22(27)18-6-4-5-7-19(18)23(26)28)13-15-8-10-20-16(12-15)9-11-21(24-20)29-3/h4-12,17H,13-14H2,1-3H3. The van der Waals surface area contributed by atoms with Gasteiger partial charge in [0.15, 0.2) is 0 Å². The first kappa shape index (κ1) is 19.1. The van der Waals surface area contributed by atoms with Gasteiger partial charge in [0.05, 0.1) is 23.8 Å². The van der Waals surface area contributed by atoms with Crippen LogP contribution in [0, 0.1) is 0 Å². The first-order valence-electron chi connectivity index (χ1n) is 9.53. The lowest BCUT2D eigenvalue weighted by Crippen LogP contribution is -2.44. The third kappa shape index (κ3) is 3.59. The number of rotatable bonds is 6. The van der Waals surface area contributed by atoms with Crippen LogP contribution in [0.1, 0.15) is 26.3 Å². The number of hydrogen-bond donors (Lipinski definition) is 0. The van der Waals surface area contributed by atoms with E-state index in [0.29, 0.717) is 30.0 Å². The minimum absolute atomic E-state index is 0.000805. The second kappa shape index (κ2) is 7.64. The highest BCUT2D eigenvalue weighted by atomic mass is 16.5. The molecule has 0 aliphatic carbocycles. The maximum absolute atomic E-state index is 12.7. The fourth-order valence-corrected chi connectivity index (χ4v) is 3.70. The average molecular weight is 389 g/mol. The number of hydrogen-bond acceptors (Lipinski definition) is 5. The third-order valence-electron chi connectivity index (χ3n) is 5.41. The van der Waals surface area contributed by atoms with Gasteiger partial charge in [-0.15, -0.1) is 0 Å². The number of carbonyl (C=O) groups is 2. The van der Waals surface area contributed by atoms with E-state index >= 15 is 0 Å². The largest absolute Gasteiger partial charge is 0.481 e. The summed E-state index contributed by atoms with van der Waals surface area (Å²) in [6.45, 7) is 0.345. The second-order valence-electron chi connectivity index (χ2n) is 7.47. The van der Waals surface area contributed by atoms with Crippen LogP contribution in [0.3, 0.4) is 0 Å². The molecule has 2 amide bonds. The smallest absolute Gasteiger partial charge is 0.261 e. The van der Waals surface area contributed by atoms with Gasteiger partial charge in [-0.3, -0.25) is 14.5 Å². The Morgan fingerprint density at radius 3 is 2.31 bits per heavy atom. The van der Waals surface area contributed by atoms with E-state index in [1.807, 2.05) is 38.4 Å². The maximum atomic E-state index is 12.7. The quantitative estimate of drug-likeness (QED) is 0.607. The van der Waals surface area contributed by atoms with E-state index < -0.39 is 0 Å². The predicted octanol–water partition coefficient (Wildman–Crippen LogP) is 3.01. The summed E-state index contributed by atoms with van der Waals surface area (Å²) in [7, 11) is 5.54. The Hall–Kier alpha value is -3.25. The van der Waals surface area contributed by atoms with Gasteiger partial charge in [0.2, 0.25) is 5.88 Å². The molecule has 0 bridgehead atoms. The van der Waals surface area contributed by atoms with Gasteiger partial charge in [0.1, 0.15) is 0 Å². The number of aromatic nitrogens is 1. The molecule has 2 aromatic carbocycles. The molecular formula is C23H23N3O3. The molecule has 6 heteroatoms. The Morgan fingerprint density at radius 2 is 1.69 bits per heavy atom. The number of methoxy groups -OCH3 is 1. The molecule has 6 nitrogen and oxygen atoms in total. The molecule has 4 rings (SSSR count). The third-order valence-corrected chi connectivity index (χ3v) is 5.41. The molecule has 29 heavy (non-hydrogen) atoms. The Balaban J connectivity index is 1.55. The van der Waals surface area contributed by atoms with Crippen LogP contribution in [-0.2, 0) is 6.42 Å².